The first-order valence-electron chi connectivity index (χ1n) is 14.5. The molecule has 6 rings (SSSR count). The van der Waals surface area contributed by atoms with Crippen LogP contribution in [0.1, 0.15) is 33.4 Å². The van der Waals surface area contributed by atoms with Gasteiger partial charge in [-0.05, 0) is 147 Å². The molecule has 0 aliphatic rings. The van der Waals surface area contributed by atoms with Gasteiger partial charge in [-0.25, -0.2) is 9.98 Å². The van der Waals surface area contributed by atoms with Crippen molar-refractivity contribution < 1.29 is 4.32 Å². The van der Waals surface area contributed by atoms with Gasteiger partial charge in [-0.15, -0.1) is 0 Å². The van der Waals surface area contributed by atoms with Crippen molar-refractivity contribution in [3.63, 3.8) is 0 Å². The van der Waals surface area contributed by atoms with E-state index < -0.39 is 7.12 Å². The number of aromatic nitrogens is 2. The third-order valence-corrected chi connectivity index (χ3v) is 8.14. The number of halogens is 1. The van der Waals surface area contributed by atoms with Gasteiger partial charge in [0.2, 0.25) is 0 Å². The number of benzene rings is 4. The van der Waals surface area contributed by atoms with E-state index >= 15 is 4.32 Å². The Morgan fingerprint density at radius 1 is 0.619 bits per heavy atom. The molecule has 208 valence electrons. The molecule has 0 N–H and O–H groups in total. The quantitative estimate of drug-likeness (QED) is 0.201. The van der Waals surface area contributed by atoms with Crippen LogP contribution in [0.2, 0.25) is 6.82 Å². The first-order chi connectivity index (χ1) is 20.1. The van der Waals surface area contributed by atoms with E-state index in [4.69, 9.17) is 9.98 Å². The second-order valence-electron chi connectivity index (χ2n) is 11.6. The molecule has 0 aliphatic heterocycles. The number of rotatable bonds is 4. The van der Waals surface area contributed by atoms with Gasteiger partial charge in [-0.1, -0.05) is 47.5 Å². The molecular weight excluding hydrogens is 516 g/mol. The van der Waals surface area contributed by atoms with E-state index in [1.807, 2.05) is 36.4 Å². The lowest BCUT2D eigenvalue weighted by atomic mass is 9.89. The summed E-state index contributed by atoms with van der Waals surface area (Å²) in [6.07, 6.45) is 0. The van der Waals surface area contributed by atoms with Crippen LogP contribution in [0.5, 0.6) is 0 Å². The Kier molecular flexibility index (Phi) is 7.06. The fourth-order valence-electron chi connectivity index (χ4n) is 6.62. The van der Waals surface area contributed by atoms with Crippen molar-refractivity contribution in [3.05, 3.63) is 124 Å². The Bertz CT molecular complexity index is 2040. The predicted molar refractivity (Wildman–Crippen MR) is 176 cm³/mol. The molecule has 42 heavy (non-hydrogen) atoms. The summed E-state index contributed by atoms with van der Waals surface area (Å²) in [7, 11) is -1.26. The van der Waals surface area contributed by atoms with E-state index in [-0.39, 0.29) is 0 Å². The molecule has 2 heterocycles. The van der Waals surface area contributed by atoms with Crippen LogP contribution >= 0.6 is 0 Å². The van der Waals surface area contributed by atoms with E-state index in [1.54, 1.807) is 11.3 Å². The Labute approximate surface area is 247 Å². The normalized spacial score (nSPS) is 12.0. The van der Waals surface area contributed by atoms with Crippen LogP contribution in [-0.2, 0) is 0 Å². The maximum absolute atomic E-state index is 15.2. The van der Waals surface area contributed by atoms with E-state index in [9.17, 15) is 0 Å². The van der Waals surface area contributed by atoms with Crippen molar-refractivity contribution in [2.45, 2.75) is 48.4 Å². The van der Waals surface area contributed by atoms with Crippen LogP contribution in [0.4, 0.5) is 10.1 Å². The van der Waals surface area contributed by atoms with Gasteiger partial charge in [0.25, 0.3) is 0 Å². The topological polar surface area (TPSA) is 30.2 Å². The summed E-state index contributed by atoms with van der Waals surface area (Å²) < 4.78 is 16.8. The van der Waals surface area contributed by atoms with E-state index in [1.165, 1.54) is 50.1 Å². The molecule has 0 fully saturated rings. The Hall–Kier alpha value is -4.51. The number of fused-ring (bicyclic) bond motifs is 2. The Morgan fingerprint density at radius 3 is 1.71 bits per heavy atom. The standard InChI is InChI=1S/C37H35BFN3/c1-22-16-24(3)36(25(4)17-22)30-8-12-32-28(20-30)10-14-34(40-32)41-35-15-11-29-21-31(9-13-33(29)42(35)38(7)39)37-26(5)18-23(2)19-27(37)6/h8-21H,1-7H3. The molecule has 4 aromatic carbocycles. The minimum atomic E-state index is -1.26. The fraction of sp³-hybridized carbons (Fsp3) is 0.189. The Morgan fingerprint density at radius 2 is 1.14 bits per heavy atom. The first kappa shape index (κ1) is 27.7. The monoisotopic (exact) mass is 551 g/mol. The summed E-state index contributed by atoms with van der Waals surface area (Å²) in [6, 6.07) is 29.3. The van der Waals surface area contributed by atoms with E-state index in [0.29, 0.717) is 11.3 Å². The van der Waals surface area contributed by atoms with Crippen LogP contribution in [-0.4, -0.2) is 16.6 Å². The third-order valence-electron chi connectivity index (χ3n) is 8.14. The van der Waals surface area contributed by atoms with Gasteiger partial charge in [-0.3, -0.25) is 0 Å². The number of nitrogens with zero attached hydrogens (tertiary/aromatic N) is 3. The maximum atomic E-state index is 15.2. The minimum absolute atomic E-state index is 0.530. The van der Waals surface area contributed by atoms with Gasteiger partial charge in [0.15, 0.2) is 5.82 Å². The lowest BCUT2D eigenvalue weighted by molar-refractivity contribution is 0.792. The van der Waals surface area contributed by atoms with Gasteiger partial charge in [0.05, 0.1) is 5.52 Å². The highest BCUT2D eigenvalue weighted by molar-refractivity contribution is 6.48. The van der Waals surface area contributed by atoms with Gasteiger partial charge in [0, 0.05) is 10.9 Å². The SMILES string of the molecule is CB(F)n1c(=Nc2ccc3cc(-c4c(C)cc(C)cc4C)ccc3n2)ccc2cc(-c3c(C)cc(C)cc3C)ccc21. The second kappa shape index (κ2) is 10.7. The van der Waals surface area contributed by atoms with Gasteiger partial charge < -0.3 is 8.79 Å². The lowest BCUT2D eigenvalue weighted by Crippen LogP contribution is -2.30. The van der Waals surface area contributed by atoms with Crippen molar-refractivity contribution in [2.75, 3.05) is 0 Å². The smallest absolute Gasteiger partial charge is 0.341 e. The summed E-state index contributed by atoms with van der Waals surface area (Å²) in [6.45, 7) is 14.4. The van der Waals surface area contributed by atoms with Gasteiger partial charge >= 0.3 is 7.12 Å². The minimum Gasteiger partial charge on any atom is -0.341 e. The average Bonchev–Trinajstić information content (AvgIpc) is 2.91. The summed E-state index contributed by atoms with van der Waals surface area (Å²) in [5, 5.41) is 2.02. The van der Waals surface area contributed by atoms with E-state index in [2.05, 4.69) is 90.1 Å². The maximum Gasteiger partial charge on any atom is 0.463 e. The number of hydrogen-bond acceptors (Lipinski definition) is 2. The van der Waals surface area contributed by atoms with Crippen molar-refractivity contribution in [3.8, 4) is 22.3 Å². The van der Waals surface area contributed by atoms with Crippen LogP contribution in [0.25, 0.3) is 44.1 Å². The van der Waals surface area contributed by atoms with Crippen LogP contribution in [0, 0.1) is 41.5 Å². The molecule has 0 amide bonds. The first-order valence-corrected chi connectivity index (χ1v) is 14.5. The zero-order chi connectivity index (χ0) is 29.7. The molecule has 0 saturated carbocycles. The molecule has 0 atom stereocenters. The third kappa shape index (κ3) is 5.05. The number of pyridine rings is 2. The summed E-state index contributed by atoms with van der Waals surface area (Å²) in [5.74, 6) is 0.550. The molecule has 0 aliphatic carbocycles. The molecule has 0 radical (unpaired) electrons. The molecule has 0 saturated heterocycles. The number of aryl methyl sites for hydroxylation is 6. The second-order valence-corrected chi connectivity index (χ2v) is 11.6. The van der Waals surface area contributed by atoms with Crippen LogP contribution in [0.3, 0.4) is 0 Å². The molecule has 0 unspecified atom stereocenters. The highest BCUT2D eigenvalue weighted by Gasteiger charge is 2.15. The highest BCUT2D eigenvalue weighted by atomic mass is 19.1. The van der Waals surface area contributed by atoms with Gasteiger partial charge in [-0.2, -0.15) is 0 Å². The molecule has 0 bridgehead atoms. The Balaban J connectivity index is 1.42. The van der Waals surface area contributed by atoms with Crippen molar-refractivity contribution >= 4 is 34.7 Å². The fourth-order valence-corrected chi connectivity index (χ4v) is 6.62. The van der Waals surface area contributed by atoms with Crippen molar-refractivity contribution in [1.82, 2.24) is 9.46 Å². The van der Waals surface area contributed by atoms with E-state index in [0.717, 1.165) is 27.4 Å². The van der Waals surface area contributed by atoms with Crippen LogP contribution in [0.15, 0.2) is 89.9 Å². The molecule has 5 heteroatoms. The average molecular weight is 552 g/mol. The molecule has 6 aromatic rings. The summed E-state index contributed by atoms with van der Waals surface area (Å²) in [4.78, 5) is 9.63. The highest BCUT2D eigenvalue weighted by Crippen LogP contribution is 2.32. The zero-order valence-electron chi connectivity index (χ0n) is 25.4. The zero-order valence-corrected chi connectivity index (χ0v) is 25.4. The largest absolute Gasteiger partial charge is 0.463 e. The summed E-state index contributed by atoms with van der Waals surface area (Å²) in [5.41, 5.74) is 14.5. The summed E-state index contributed by atoms with van der Waals surface area (Å²) >= 11 is 0. The molecular formula is C37H35BFN3. The molecule has 3 nitrogen and oxygen atoms in total. The van der Waals surface area contributed by atoms with Crippen LogP contribution < -0.4 is 5.49 Å². The lowest BCUT2D eigenvalue weighted by Gasteiger charge is -2.15. The predicted octanol–water partition coefficient (Wildman–Crippen LogP) is 9.54. The molecule has 2 aromatic heterocycles. The van der Waals surface area contributed by atoms with Gasteiger partial charge in [0.1, 0.15) is 5.49 Å². The molecule has 0 spiro atoms. The van der Waals surface area contributed by atoms with Crippen molar-refractivity contribution in [2.24, 2.45) is 4.99 Å². The number of hydrogen-bond donors (Lipinski definition) is 0. The van der Waals surface area contributed by atoms with Crippen molar-refractivity contribution in [1.29, 1.82) is 0 Å².